The Labute approximate surface area is 195 Å². The van der Waals surface area contributed by atoms with Gasteiger partial charge in [0.2, 0.25) is 0 Å². The van der Waals surface area contributed by atoms with E-state index in [0.29, 0.717) is 23.1 Å². The van der Waals surface area contributed by atoms with Crippen molar-refractivity contribution in [1.82, 2.24) is 15.6 Å². The van der Waals surface area contributed by atoms with Gasteiger partial charge in [0, 0.05) is 42.1 Å². The van der Waals surface area contributed by atoms with Crippen LogP contribution in [-0.4, -0.2) is 31.2 Å². The second kappa shape index (κ2) is 10.2. The molecule has 0 saturated carbocycles. The Kier molecular flexibility index (Phi) is 6.92. The number of benzene rings is 2. The lowest BCUT2D eigenvalue weighted by atomic mass is 9.96. The van der Waals surface area contributed by atoms with Crippen molar-refractivity contribution in [1.29, 1.82) is 5.26 Å². The summed E-state index contributed by atoms with van der Waals surface area (Å²) in [6.07, 6.45) is 3.70. The van der Waals surface area contributed by atoms with Crippen LogP contribution in [0.3, 0.4) is 0 Å². The van der Waals surface area contributed by atoms with Gasteiger partial charge >= 0.3 is 0 Å². The van der Waals surface area contributed by atoms with Gasteiger partial charge in [0.1, 0.15) is 17.5 Å². The molecule has 4 rings (SSSR count). The van der Waals surface area contributed by atoms with Crippen LogP contribution in [0.4, 0.5) is 11.5 Å². The third-order valence-electron chi connectivity index (χ3n) is 6.10. The lowest BCUT2D eigenvalue weighted by Crippen LogP contribution is -2.41. The molecule has 33 heavy (non-hydrogen) atoms. The molecule has 1 aromatic heterocycles. The molecule has 2 heterocycles. The monoisotopic (exact) mass is 438 g/mol. The van der Waals surface area contributed by atoms with Crippen LogP contribution >= 0.6 is 0 Å². The fraction of sp³-hybridized carbons (Fsp3) is 0.259. The molecule has 168 valence electrons. The molecule has 1 aliphatic rings. The number of nitrogens with two attached hydrogens (primary N) is 1. The third-order valence-corrected chi connectivity index (χ3v) is 6.10. The van der Waals surface area contributed by atoms with Crippen molar-refractivity contribution in [2.75, 3.05) is 31.2 Å². The highest BCUT2D eigenvalue weighted by Gasteiger charge is 2.17. The number of para-hydroxylation sites is 1. The number of hydrogen-bond donors (Lipinski definition) is 4. The lowest BCUT2D eigenvalue weighted by molar-refractivity contribution is 0.397. The second-order valence-electron chi connectivity index (χ2n) is 8.31. The van der Waals surface area contributed by atoms with Crippen molar-refractivity contribution in [3.05, 3.63) is 72.3 Å². The predicted octanol–water partition coefficient (Wildman–Crippen LogP) is 4.61. The highest BCUT2D eigenvalue weighted by atomic mass is 15.0. The summed E-state index contributed by atoms with van der Waals surface area (Å²) in [6.45, 7) is 6.18. The minimum Gasteiger partial charge on any atom is -0.398 e. The van der Waals surface area contributed by atoms with Gasteiger partial charge in [-0.1, -0.05) is 49.4 Å². The van der Waals surface area contributed by atoms with Gasteiger partial charge in [0.05, 0.1) is 5.69 Å². The first kappa shape index (κ1) is 22.4. The maximum Gasteiger partial charge on any atom is 0.145 e. The molecule has 6 nitrogen and oxygen atoms in total. The minimum absolute atomic E-state index is 0.473. The zero-order chi connectivity index (χ0) is 23.2. The first-order valence-electron chi connectivity index (χ1n) is 11.4. The lowest BCUT2D eigenvalue weighted by Gasteiger charge is -2.24. The summed E-state index contributed by atoms with van der Waals surface area (Å²) in [5.74, 6) is 0.527. The number of nitrogen functional groups attached to an aromatic ring is 1. The van der Waals surface area contributed by atoms with Crippen LogP contribution < -0.4 is 21.7 Å². The molecule has 0 bridgehead atoms. The quantitative estimate of drug-likeness (QED) is 0.402. The van der Waals surface area contributed by atoms with Gasteiger partial charge in [0.25, 0.3) is 0 Å². The standard InChI is InChI=1S/C27H30N6/c1-18(32-17-21-10-5-6-13-31-21)19-8-7-9-20(14-19)23-15-26(22-11-3-4-12-25(22)29)33-27(30-2)24(23)16-28/h3-4,7-9,11-12,14-15,21,31-32H,1,5-6,10,13,17,29H2,2H3,(H,30,33). The summed E-state index contributed by atoms with van der Waals surface area (Å²) in [6, 6.07) is 20.5. The molecule has 1 atom stereocenters. The number of anilines is 2. The van der Waals surface area contributed by atoms with Crippen molar-refractivity contribution < 1.29 is 0 Å². The Morgan fingerprint density at radius 3 is 2.76 bits per heavy atom. The Morgan fingerprint density at radius 2 is 2.03 bits per heavy atom. The van der Waals surface area contributed by atoms with Crippen LogP contribution in [0.15, 0.2) is 61.2 Å². The first-order valence-corrected chi connectivity index (χ1v) is 11.4. The van der Waals surface area contributed by atoms with Crippen LogP contribution in [-0.2, 0) is 0 Å². The van der Waals surface area contributed by atoms with Crippen LogP contribution in [0.5, 0.6) is 0 Å². The molecule has 3 aromatic rings. The number of nitriles is 1. The molecule has 0 radical (unpaired) electrons. The highest BCUT2D eigenvalue weighted by molar-refractivity contribution is 5.84. The minimum atomic E-state index is 0.473. The molecular weight excluding hydrogens is 408 g/mol. The number of piperidine rings is 1. The van der Waals surface area contributed by atoms with E-state index in [0.717, 1.165) is 46.7 Å². The van der Waals surface area contributed by atoms with Crippen molar-refractivity contribution >= 4 is 17.2 Å². The van der Waals surface area contributed by atoms with Gasteiger partial charge in [-0.3, -0.25) is 0 Å². The third kappa shape index (κ3) is 5.00. The summed E-state index contributed by atoms with van der Waals surface area (Å²) in [5.41, 5.74) is 12.5. The fourth-order valence-corrected chi connectivity index (χ4v) is 4.26. The summed E-state index contributed by atoms with van der Waals surface area (Å²) in [4.78, 5) is 4.67. The van der Waals surface area contributed by atoms with Crippen molar-refractivity contribution in [2.45, 2.75) is 25.3 Å². The zero-order valence-electron chi connectivity index (χ0n) is 19.0. The second-order valence-corrected chi connectivity index (χ2v) is 8.31. The Hall–Kier alpha value is -3.82. The molecule has 1 aliphatic heterocycles. The maximum atomic E-state index is 9.92. The number of nitrogens with zero attached hydrogens (tertiary/aromatic N) is 2. The first-order chi connectivity index (χ1) is 16.1. The van der Waals surface area contributed by atoms with Gasteiger partial charge in [0.15, 0.2) is 0 Å². The van der Waals surface area contributed by atoms with E-state index in [9.17, 15) is 5.26 Å². The molecule has 1 saturated heterocycles. The molecule has 6 heteroatoms. The fourth-order valence-electron chi connectivity index (χ4n) is 4.26. The SMILES string of the molecule is C=C(NCC1CCCCN1)c1cccc(-c2cc(-c3ccccc3N)nc(NC)c2C#N)c1. The van der Waals surface area contributed by atoms with E-state index in [4.69, 9.17) is 5.73 Å². The average molecular weight is 439 g/mol. The van der Waals surface area contributed by atoms with Gasteiger partial charge in [-0.25, -0.2) is 4.98 Å². The van der Waals surface area contributed by atoms with Crippen LogP contribution in [0.25, 0.3) is 28.1 Å². The molecule has 5 N–H and O–H groups in total. The predicted molar refractivity (Wildman–Crippen MR) is 136 cm³/mol. The van der Waals surface area contributed by atoms with E-state index in [-0.39, 0.29) is 0 Å². The van der Waals surface area contributed by atoms with E-state index in [2.05, 4.69) is 39.6 Å². The van der Waals surface area contributed by atoms with E-state index >= 15 is 0 Å². The van der Waals surface area contributed by atoms with Gasteiger partial charge in [-0.2, -0.15) is 5.26 Å². The van der Waals surface area contributed by atoms with Crippen LogP contribution in [0.2, 0.25) is 0 Å². The van der Waals surface area contributed by atoms with Crippen molar-refractivity contribution in [3.63, 3.8) is 0 Å². The average Bonchev–Trinajstić information content (AvgIpc) is 2.87. The van der Waals surface area contributed by atoms with Crippen molar-refractivity contribution in [2.24, 2.45) is 0 Å². The van der Waals surface area contributed by atoms with Crippen LogP contribution in [0.1, 0.15) is 30.4 Å². The molecule has 0 aliphatic carbocycles. The number of rotatable bonds is 7. The summed E-state index contributed by atoms with van der Waals surface area (Å²) in [7, 11) is 1.77. The maximum absolute atomic E-state index is 9.92. The van der Waals surface area contributed by atoms with E-state index in [1.165, 1.54) is 19.3 Å². The van der Waals surface area contributed by atoms with Crippen LogP contribution in [0, 0.1) is 11.3 Å². The zero-order valence-corrected chi connectivity index (χ0v) is 19.0. The van der Waals surface area contributed by atoms with Gasteiger partial charge < -0.3 is 21.7 Å². The summed E-state index contributed by atoms with van der Waals surface area (Å²) < 4.78 is 0. The smallest absolute Gasteiger partial charge is 0.145 e. The summed E-state index contributed by atoms with van der Waals surface area (Å²) >= 11 is 0. The largest absolute Gasteiger partial charge is 0.398 e. The van der Waals surface area contributed by atoms with E-state index in [1.807, 2.05) is 48.5 Å². The number of aromatic nitrogens is 1. The molecule has 0 amide bonds. The molecule has 1 unspecified atom stereocenters. The Bertz CT molecular complexity index is 1190. The Morgan fingerprint density at radius 1 is 1.18 bits per heavy atom. The number of hydrogen-bond acceptors (Lipinski definition) is 6. The van der Waals surface area contributed by atoms with Crippen molar-refractivity contribution in [3.8, 4) is 28.5 Å². The molecule has 2 aromatic carbocycles. The topological polar surface area (TPSA) is 98.8 Å². The van der Waals surface area contributed by atoms with E-state index in [1.54, 1.807) is 7.05 Å². The van der Waals surface area contributed by atoms with Gasteiger partial charge in [-0.15, -0.1) is 0 Å². The van der Waals surface area contributed by atoms with Gasteiger partial charge in [-0.05, 0) is 48.7 Å². The Balaban J connectivity index is 1.68. The normalized spacial score (nSPS) is 15.5. The van der Waals surface area contributed by atoms with E-state index < -0.39 is 0 Å². The number of nitrogens with one attached hydrogen (secondary N) is 3. The molecular formula is C27H30N6. The molecule has 0 spiro atoms. The summed E-state index contributed by atoms with van der Waals surface area (Å²) in [5, 5.41) is 20.0. The molecule has 1 fully saturated rings. The number of pyridine rings is 1. The highest BCUT2D eigenvalue weighted by Crippen LogP contribution is 2.34.